The van der Waals surface area contributed by atoms with Crippen molar-refractivity contribution in [3.63, 3.8) is 0 Å². The molecule has 0 saturated carbocycles. The number of hydrogen-bond donors (Lipinski definition) is 0. The minimum atomic E-state index is 0.292. The lowest BCUT2D eigenvalue weighted by atomic mass is 9.87. The number of rotatable bonds is 1. The van der Waals surface area contributed by atoms with Crippen LogP contribution in [0, 0.1) is 0 Å². The van der Waals surface area contributed by atoms with Gasteiger partial charge in [-0.2, -0.15) is 0 Å². The van der Waals surface area contributed by atoms with E-state index in [9.17, 15) is 4.79 Å². The summed E-state index contributed by atoms with van der Waals surface area (Å²) in [6.45, 7) is 0. The molecule has 0 saturated heterocycles. The number of carbonyl (C=O) groups excluding carboxylic acids is 1. The fourth-order valence-electron chi connectivity index (χ4n) is 3.29. The van der Waals surface area contributed by atoms with Crippen molar-refractivity contribution in [2.45, 2.75) is 19.3 Å². The highest BCUT2D eigenvalue weighted by atomic mass is 16.1. The largest absolute Gasteiger partial charge is 0.294 e. The number of Topliss-reactive ketones (excluding diaryl/α,β-unsaturated/α-hetero) is 1. The quantitative estimate of drug-likeness (QED) is 0.607. The average molecular weight is 272 g/mol. The first-order chi connectivity index (χ1) is 10.3. The number of benzene rings is 3. The maximum Gasteiger partial charge on any atom is 0.163 e. The Labute approximate surface area is 124 Å². The summed E-state index contributed by atoms with van der Waals surface area (Å²) in [5, 5.41) is 2.52. The van der Waals surface area contributed by atoms with Crippen LogP contribution in [-0.4, -0.2) is 5.78 Å². The maximum atomic E-state index is 11.9. The molecule has 0 aromatic heterocycles. The van der Waals surface area contributed by atoms with Gasteiger partial charge >= 0.3 is 0 Å². The van der Waals surface area contributed by atoms with Crippen LogP contribution in [0.25, 0.3) is 21.9 Å². The summed E-state index contributed by atoms with van der Waals surface area (Å²) in [5.74, 6) is 0.292. The molecule has 0 radical (unpaired) electrons. The zero-order valence-electron chi connectivity index (χ0n) is 11.8. The molecule has 1 nitrogen and oxygen atoms in total. The van der Waals surface area contributed by atoms with Crippen LogP contribution in [0.4, 0.5) is 0 Å². The van der Waals surface area contributed by atoms with Gasteiger partial charge in [-0.05, 0) is 40.3 Å². The van der Waals surface area contributed by atoms with E-state index >= 15 is 0 Å². The number of ketones is 1. The minimum absolute atomic E-state index is 0.292. The van der Waals surface area contributed by atoms with Crippen LogP contribution < -0.4 is 0 Å². The van der Waals surface area contributed by atoms with Crippen molar-refractivity contribution in [2.24, 2.45) is 0 Å². The normalized spacial score (nSPS) is 14.2. The fraction of sp³-hybridized carbons (Fsp3) is 0.150. The molecule has 0 atom stereocenters. The highest BCUT2D eigenvalue weighted by molar-refractivity contribution is 6.00. The second kappa shape index (κ2) is 4.85. The van der Waals surface area contributed by atoms with Crippen molar-refractivity contribution in [3.8, 4) is 11.1 Å². The van der Waals surface area contributed by atoms with Crippen molar-refractivity contribution in [3.05, 3.63) is 71.8 Å². The van der Waals surface area contributed by atoms with E-state index in [1.807, 2.05) is 6.07 Å². The summed E-state index contributed by atoms with van der Waals surface area (Å²) < 4.78 is 0. The van der Waals surface area contributed by atoms with E-state index < -0.39 is 0 Å². The highest BCUT2D eigenvalue weighted by Crippen LogP contribution is 2.31. The molecular formula is C20H16O. The van der Waals surface area contributed by atoms with Gasteiger partial charge in [0.1, 0.15) is 0 Å². The van der Waals surface area contributed by atoms with Crippen LogP contribution in [0.5, 0.6) is 0 Å². The number of carbonyl (C=O) groups is 1. The van der Waals surface area contributed by atoms with Crippen molar-refractivity contribution >= 4 is 16.6 Å². The van der Waals surface area contributed by atoms with Crippen LogP contribution in [0.15, 0.2) is 60.7 Å². The molecule has 0 aliphatic heterocycles. The Morgan fingerprint density at radius 1 is 0.762 bits per heavy atom. The van der Waals surface area contributed by atoms with E-state index in [2.05, 4.69) is 54.6 Å². The van der Waals surface area contributed by atoms with Crippen LogP contribution in [0.3, 0.4) is 0 Å². The van der Waals surface area contributed by atoms with Crippen LogP contribution in [-0.2, 0) is 6.42 Å². The van der Waals surface area contributed by atoms with E-state index in [1.54, 1.807) is 0 Å². The molecule has 0 bridgehead atoms. The lowest BCUT2D eigenvalue weighted by molar-refractivity contribution is 0.0972. The van der Waals surface area contributed by atoms with Crippen molar-refractivity contribution in [1.29, 1.82) is 0 Å². The zero-order valence-corrected chi connectivity index (χ0v) is 11.8. The molecule has 21 heavy (non-hydrogen) atoms. The molecule has 0 unspecified atom stereocenters. The van der Waals surface area contributed by atoms with E-state index in [4.69, 9.17) is 0 Å². The molecule has 0 heterocycles. The van der Waals surface area contributed by atoms with E-state index in [0.29, 0.717) is 12.2 Å². The molecule has 1 aliphatic carbocycles. The Morgan fingerprint density at radius 3 is 2.57 bits per heavy atom. The first kappa shape index (κ1) is 12.3. The SMILES string of the molecule is O=C1CCCc2cc(-c3cccc4ccccc34)ccc21. The molecule has 0 N–H and O–H groups in total. The van der Waals surface area contributed by atoms with E-state index in [0.717, 1.165) is 18.4 Å². The third-order valence-corrected chi connectivity index (χ3v) is 4.36. The molecule has 3 aromatic carbocycles. The number of aryl methyl sites for hydroxylation is 1. The summed E-state index contributed by atoms with van der Waals surface area (Å²) in [7, 11) is 0. The second-order valence-corrected chi connectivity index (χ2v) is 5.68. The maximum absolute atomic E-state index is 11.9. The topological polar surface area (TPSA) is 17.1 Å². The molecule has 0 fully saturated rings. The van der Waals surface area contributed by atoms with Gasteiger partial charge in [0.25, 0.3) is 0 Å². The summed E-state index contributed by atoms with van der Waals surface area (Å²) in [6, 6.07) is 21.1. The third-order valence-electron chi connectivity index (χ3n) is 4.36. The smallest absolute Gasteiger partial charge is 0.163 e. The number of fused-ring (bicyclic) bond motifs is 2. The van der Waals surface area contributed by atoms with Gasteiger partial charge in [0, 0.05) is 12.0 Å². The Kier molecular flexibility index (Phi) is 2.85. The molecule has 102 valence electrons. The van der Waals surface area contributed by atoms with Crippen molar-refractivity contribution in [2.75, 3.05) is 0 Å². The monoisotopic (exact) mass is 272 g/mol. The second-order valence-electron chi connectivity index (χ2n) is 5.68. The Hall–Kier alpha value is -2.41. The predicted molar refractivity (Wildman–Crippen MR) is 86.7 cm³/mol. The average Bonchev–Trinajstić information content (AvgIpc) is 2.54. The zero-order chi connectivity index (χ0) is 14.2. The Bertz CT molecular complexity index is 840. The van der Waals surface area contributed by atoms with Gasteiger partial charge in [-0.25, -0.2) is 0 Å². The fourth-order valence-corrected chi connectivity index (χ4v) is 3.29. The molecule has 1 aliphatic rings. The molecule has 0 amide bonds. The van der Waals surface area contributed by atoms with Gasteiger partial charge in [0.2, 0.25) is 0 Å². The van der Waals surface area contributed by atoms with Gasteiger partial charge < -0.3 is 0 Å². The van der Waals surface area contributed by atoms with Gasteiger partial charge in [0.15, 0.2) is 5.78 Å². The summed E-state index contributed by atoms with van der Waals surface area (Å²) in [6.07, 6.45) is 2.69. The standard InChI is InChI=1S/C20H16O/c21-20-10-4-7-15-13-16(11-12-19(15)20)18-9-3-6-14-5-1-2-8-17(14)18/h1-3,5-6,8-9,11-13H,4,7,10H2. The first-order valence-corrected chi connectivity index (χ1v) is 7.47. The molecule has 3 aromatic rings. The van der Waals surface area contributed by atoms with Crippen molar-refractivity contribution in [1.82, 2.24) is 0 Å². The van der Waals surface area contributed by atoms with Crippen LogP contribution >= 0.6 is 0 Å². The van der Waals surface area contributed by atoms with Gasteiger partial charge in [-0.1, -0.05) is 60.7 Å². The van der Waals surface area contributed by atoms with Crippen molar-refractivity contribution < 1.29 is 4.79 Å². The molecule has 0 spiro atoms. The lowest BCUT2D eigenvalue weighted by Gasteiger charge is -2.16. The summed E-state index contributed by atoms with van der Waals surface area (Å²) in [5.41, 5.74) is 4.58. The Morgan fingerprint density at radius 2 is 1.62 bits per heavy atom. The third kappa shape index (κ3) is 2.06. The minimum Gasteiger partial charge on any atom is -0.294 e. The van der Waals surface area contributed by atoms with Crippen LogP contribution in [0.1, 0.15) is 28.8 Å². The van der Waals surface area contributed by atoms with Gasteiger partial charge in [0.05, 0.1) is 0 Å². The van der Waals surface area contributed by atoms with Gasteiger partial charge in [-0.15, -0.1) is 0 Å². The predicted octanol–water partition coefficient (Wildman–Crippen LogP) is 5.03. The lowest BCUT2D eigenvalue weighted by Crippen LogP contribution is -2.10. The van der Waals surface area contributed by atoms with Crippen LogP contribution in [0.2, 0.25) is 0 Å². The summed E-state index contributed by atoms with van der Waals surface area (Å²) in [4.78, 5) is 11.9. The van der Waals surface area contributed by atoms with E-state index in [1.165, 1.54) is 27.5 Å². The molecule has 1 heteroatoms. The highest BCUT2D eigenvalue weighted by Gasteiger charge is 2.17. The summed E-state index contributed by atoms with van der Waals surface area (Å²) >= 11 is 0. The Balaban J connectivity index is 1.91. The molecular weight excluding hydrogens is 256 g/mol. The van der Waals surface area contributed by atoms with E-state index in [-0.39, 0.29) is 0 Å². The number of hydrogen-bond acceptors (Lipinski definition) is 1. The van der Waals surface area contributed by atoms with Gasteiger partial charge in [-0.3, -0.25) is 4.79 Å². The molecule has 4 rings (SSSR count). The first-order valence-electron chi connectivity index (χ1n) is 7.47.